The van der Waals surface area contributed by atoms with Crippen LogP contribution in [0.15, 0.2) is 36.4 Å². The Bertz CT molecular complexity index is 1090. The zero-order valence-corrected chi connectivity index (χ0v) is 14.4. The SMILES string of the molecule is Cc1cc([N+](=O)[O-])cc([C@@H]2[NH2+][C@H](C(=O)[O-])Cc3c2[nH]c2ccccc32)c1[O-]. The van der Waals surface area contributed by atoms with E-state index in [1.54, 1.807) is 0 Å². The van der Waals surface area contributed by atoms with Gasteiger partial charge < -0.3 is 25.3 Å². The van der Waals surface area contributed by atoms with Gasteiger partial charge in [0.1, 0.15) is 6.04 Å². The lowest BCUT2D eigenvalue weighted by Crippen LogP contribution is -2.95. The molecule has 8 nitrogen and oxygen atoms in total. The number of non-ortho nitro benzene ring substituents is 1. The molecule has 2 atom stereocenters. The van der Waals surface area contributed by atoms with Gasteiger partial charge in [-0.25, -0.2) is 0 Å². The number of aryl methyl sites for hydroxylation is 1. The first-order chi connectivity index (χ1) is 12.9. The van der Waals surface area contributed by atoms with Gasteiger partial charge in [-0.05, 0) is 18.6 Å². The summed E-state index contributed by atoms with van der Waals surface area (Å²) in [5.74, 6) is -1.56. The molecule has 0 saturated carbocycles. The number of carbonyl (C=O) groups is 1. The number of hydrogen-bond donors (Lipinski definition) is 2. The van der Waals surface area contributed by atoms with E-state index in [1.165, 1.54) is 24.4 Å². The molecule has 0 bridgehead atoms. The average Bonchev–Trinajstić information content (AvgIpc) is 3.01. The second-order valence-electron chi connectivity index (χ2n) is 6.80. The van der Waals surface area contributed by atoms with Gasteiger partial charge in [-0.3, -0.25) is 10.1 Å². The number of para-hydroxylation sites is 1. The zero-order valence-electron chi connectivity index (χ0n) is 14.4. The second kappa shape index (κ2) is 6.10. The first-order valence-electron chi connectivity index (χ1n) is 8.48. The topological polar surface area (TPSA) is 139 Å². The minimum atomic E-state index is -1.23. The second-order valence-corrected chi connectivity index (χ2v) is 6.80. The fourth-order valence-corrected chi connectivity index (χ4v) is 3.86. The van der Waals surface area contributed by atoms with Gasteiger partial charge in [-0.15, -0.1) is 0 Å². The van der Waals surface area contributed by atoms with Gasteiger partial charge in [0.05, 0.1) is 16.6 Å². The van der Waals surface area contributed by atoms with Crippen molar-refractivity contribution in [3.63, 3.8) is 0 Å². The molecule has 3 aromatic rings. The molecule has 1 aliphatic heterocycles. The van der Waals surface area contributed by atoms with Crippen LogP contribution in [0.2, 0.25) is 0 Å². The Morgan fingerprint density at radius 1 is 1.30 bits per heavy atom. The Morgan fingerprint density at radius 2 is 2.04 bits per heavy atom. The van der Waals surface area contributed by atoms with Crippen LogP contribution in [0.1, 0.15) is 28.4 Å². The molecule has 0 fully saturated rings. The van der Waals surface area contributed by atoms with Crippen molar-refractivity contribution in [3.05, 3.63) is 68.9 Å². The molecule has 2 aromatic carbocycles. The number of fused-ring (bicyclic) bond motifs is 3. The number of aromatic nitrogens is 1. The molecule has 0 saturated heterocycles. The van der Waals surface area contributed by atoms with E-state index in [0.29, 0.717) is 5.69 Å². The summed E-state index contributed by atoms with van der Waals surface area (Å²) >= 11 is 0. The van der Waals surface area contributed by atoms with Crippen LogP contribution in [0.25, 0.3) is 10.9 Å². The lowest BCUT2D eigenvalue weighted by Gasteiger charge is -2.31. The Kier molecular flexibility index (Phi) is 3.85. The van der Waals surface area contributed by atoms with E-state index < -0.39 is 23.0 Å². The molecule has 2 heterocycles. The number of aliphatic carboxylic acids is 1. The Balaban J connectivity index is 1.96. The molecule has 27 heavy (non-hydrogen) atoms. The third-order valence-electron chi connectivity index (χ3n) is 5.14. The third-order valence-corrected chi connectivity index (χ3v) is 5.14. The highest BCUT2D eigenvalue weighted by Gasteiger charge is 2.35. The Labute approximate surface area is 153 Å². The van der Waals surface area contributed by atoms with Crippen LogP contribution < -0.4 is 15.5 Å². The van der Waals surface area contributed by atoms with Crippen molar-refractivity contribution in [2.24, 2.45) is 0 Å². The van der Waals surface area contributed by atoms with Gasteiger partial charge in [-0.2, -0.15) is 0 Å². The number of carbonyl (C=O) groups excluding carboxylic acids is 1. The van der Waals surface area contributed by atoms with Crippen molar-refractivity contribution in [2.45, 2.75) is 25.4 Å². The number of H-pyrrole nitrogens is 1. The molecule has 3 N–H and O–H groups in total. The Hall–Kier alpha value is -3.39. The van der Waals surface area contributed by atoms with Crippen LogP contribution in [-0.2, 0) is 11.2 Å². The van der Waals surface area contributed by atoms with Gasteiger partial charge in [-0.1, -0.05) is 29.5 Å². The lowest BCUT2D eigenvalue weighted by atomic mass is 9.89. The van der Waals surface area contributed by atoms with Crippen molar-refractivity contribution < 1.29 is 25.2 Å². The molecule has 8 heteroatoms. The number of carboxylic acids is 1. The molecule has 0 amide bonds. The standard InChI is InChI=1S/C19H17N3O5/c1-9-6-10(22(26)27)7-13(18(9)23)17-16-12(8-15(21-17)19(24)25)11-4-2-3-5-14(11)20-16/h2-7,15,17,20-21,23H,8H2,1H3,(H,24,25)/p-1/t15-,17-/m0/s1. The van der Waals surface area contributed by atoms with Crippen LogP contribution in [0, 0.1) is 17.0 Å². The number of benzene rings is 2. The minimum absolute atomic E-state index is 0.191. The summed E-state index contributed by atoms with van der Waals surface area (Å²) in [5, 5.41) is 38.0. The molecule has 0 unspecified atom stereocenters. The number of nitrogens with zero attached hydrogens (tertiary/aromatic N) is 1. The van der Waals surface area contributed by atoms with Gasteiger partial charge >= 0.3 is 0 Å². The first-order valence-corrected chi connectivity index (χ1v) is 8.48. The maximum absolute atomic E-state index is 12.7. The summed E-state index contributed by atoms with van der Waals surface area (Å²) in [6, 6.07) is 8.37. The molecule has 0 radical (unpaired) electrons. The van der Waals surface area contributed by atoms with Crippen LogP contribution in [-0.4, -0.2) is 21.9 Å². The molecule has 0 aliphatic carbocycles. The molecule has 1 aliphatic rings. The number of nitrogens with one attached hydrogen (secondary N) is 1. The predicted octanol–water partition coefficient (Wildman–Crippen LogP) is -0.214. The minimum Gasteiger partial charge on any atom is -0.872 e. The van der Waals surface area contributed by atoms with Crippen LogP contribution >= 0.6 is 0 Å². The van der Waals surface area contributed by atoms with E-state index in [2.05, 4.69) is 4.98 Å². The van der Waals surface area contributed by atoms with Gasteiger partial charge in [0.2, 0.25) is 0 Å². The molecular weight excluding hydrogens is 350 g/mol. The number of nitro groups is 1. The van der Waals surface area contributed by atoms with E-state index in [9.17, 15) is 25.1 Å². The van der Waals surface area contributed by atoms with E-state index in [4.69, 9.17) is 0 Å². The highest BCUT2D eigenvalue weighted by atomic mass is 16.6. The fraction of sp³-hybridized carbons (Fsp3) is 0.211. The number of quaternary nitrogens is 1. The van der Waals surface area contributed by atoms with Gasteiger partial charge in [0.15, 0.2) is 6.04 Å². The quantitative estimate of drug-likeness (QED) is 0.487. The van der Waals surface area contributed by atoms with Crippen molar-refractivity contribution in [1.29, 1.82) is 0 Å². The summed E-state index contributed by atoms with van der Waals surface area (Å²) in [5.41, 5.74) is 2.58. The molecule has 1 aromatic heterocycles. The summed E-state index contributed by atoms with van der Waals surface area (Å²) in [4.78, 5) is 25.5. The largest absolute Gasteiger partial charge is 0.872 e. The summed E-state index contributed by atoms with van der Waals surface area (Å²) in [6.07, 6.45) is 0.250. The van der Waals surface area contributed by atoms with Gasteiger partial charge in [0, 0.05) is 35.0 Å². The van der Waals surface area contributed by atoms with Crippen molar-refractivity contribution in [1.82, 2.24) is 4.98 Å². The smallest absolute Gasteiger partial charge is 0.270 e. The fourth-order valence-electron chi connectivity index (χ4n) is 3.86. The number of nitro benzene ring substituents is 1. The van der Waals surface area contributed by atoms with Crippen molar-refractivity contribution in [2.75, 3.05) is 0 Å². The highest BCUT2D eigenvalue weighted by Crippen LogP contribution is 2.36. The number of rotatable bonds is 3. The summed E-state index contributed by atoms with van der Waals surface area (Å²) in [6.45, 7) is 1.52. The zero-order chi connectivity index (χ0) is 19.3. The normalized spacial score (nSPS) is 19.0. The van der Waals surface area contributed by atoms with E-state index in [-0.39, 0.29) is 29.0 Å². The molecular formula is C19H16N3O5-. The summed E-state index contributed by atoms with van der Waals surface area (Å²) in [7, 11) is 0. The monoisotopic (exact) mass is 366 g/mol. The van der Waals surface area contributed by atoms with E-state index in [1.807, 2.05) is 24.3 Å². The molecule has 138 valence electrons. The first kappa shape index (κ1) is 17.0. The third kappa shape index (κ3) is 2.70. The van der Waals surface area contributed by atoms with Crippen LogP contribution in [0.4, 0.5) is 5.69 Å². The van der Waals surface area contributed by atoms with Crippen molar-refractivity contribution >= 4 is 22.6 Å². The lowest BCUT2D eigenvalue weighted by molar-refractivity contribution is -0.717. The number of nitrogens with two attached hydrogens (primary N) is 1. The van der Waals surface area contributed by atoms with Gasteiger partial charge in [0.25, 0.3) is 5.69 Å². The Morgan fingerprint density at radius 3 is 2.74 bits per heavy atom. The van der Waals surface area contributed by atoms with Crippen LogP contribution in [0.5, 0.6) is 5.75 Å². The maximum Gasteiger partial charge on any atom is 0.270 e. The number of carboxylic acid groups (broad SMARTS) is 1. The summed E-state index contributed by atoms with van der Waals surface area (Å²) < 4.78 is 0. The molecule has 4 rings (SSSR count). The number of aromatic amines is 1. The van der Waals surface area contributed by atoms with Crippen molar-refractivity contribution in [3.8, 4) is 5.75 Å². The maximum atomic E-state index is 12.7. The molecule has 0 spiro atoms. The van der Waals surface area contributed by atoms with E-state index >= 15 is 0 Å². The highest BCUT2D eigenvalue weighted by molar-refractivity contribution is 5.86. The predicted molar refractivity (Wildman–Crippen MR) is 91.8 cm³/mol. The van der Waals surface area contributed by atoms with Crippen LogP contribution in [0.3, 0.4) is 0 Å². The number of hydrogen-bond acceptors (Lipinski definition) is 5. The van der Waals surface area contributed by atoms with E-state index in [0.717, 1.165) is 16.5 Å². The average molecular weight is 366 g/mol.